The van der Waals surface area contributed by atoms with E-state index in [4.69, 9.17) is 4.74 Å². The Bertz CT molecular complexity index is 397. The molecule has 0 aliphatic carbocycles. The Hall–Kier alpha value is -1.06. The maximum absolute atomic E-state index is 10.8. The molecular weight excluding hydrogens is 238 g/mol. The van der Waals surface area contributed by atoms with Crippen LogP contribution in [0.25, 0.3) is 0 Å². The SMILES string of the molecule is CCOc1ccccc1C(C)(O)CC1CCCCN1. The largest absolute Gasteiger partial charge is 0.493 e. The van der Waals surface area contributed by atoms with Gasteiger partial charge in [0.25, 0.3) is 0 Å². The minimum Gasteiger partial charge on any atom is -0.493 e. The van der Waals surface area contributed by atoms with Crippen LogP contribution in [0, 0.1) is 0 Å². The fraction of sp³-hybridized carbons (Fsp3) is 0.625. The van der Waals surface area contributed by atoms with Crippen LogP contribution in [-0.4, -0.2) is 24.3 Å². The van der Waals surface area contributed by atoms with Crippen molar-refractivity contribution in [1.29, 1.82) is 0 Å². The van der Waals surface area contributed by atoms with Crippen molar-refractivity contribution in [2.75, 3.05) is 13.2 Å². The van der Waals surface area contributed by atoms with E-state index in [2.05, 4.69) is 5.32 Å². The van der Waals surface area contributed by atoms with Gasteiger partial charge in [-0.15, -0.1) is 0 Å². The van der Waals surface area contributed by atoms with Crippen LogP contribution in [-0.2, 0) is 5.60 Å². The molecule has 3 heteroatoms. The van der Waals surface area contributed by atoms with Crippen molar-refractivity contribution in [3.63, 3.8) is 0 Å². The third-order valence-corrected chi connectivity index (χ3v) is 3.82. The molecule has 0 aromatic heterocycles. The number of rotatable bonds is 5. The normalized spacial score (nSPS) is 22.8. The Morgan fingerprint density at radius 2 is 2.16 bits per heavy atom. The fourth-order valence-corrected chi connectivity index (χ4v) is 2.88. The Balaban J connectivity index is 2.13. The number of nitrogens with one attached hydrogen (secondary N) is 1. The molecule has 19 heavy (non-hydrogen) atoms. The van der Waals surface area contributed by atoms with Crippen molar-refractivity contribution in [2.45, 2.75) is 51.2 Å². The van der Waals surface area contributed by atoms with Crippen LogP contribution in [0.1, 0.15) is 45.1 Å². The summed E-state index contributed by atoms with van der Waals surface area (Å²) >= 11 is 0. The van der Waals surface area contributed by atoms with Gasteiger partial charge in [0.1, 0.15) is 5.75 Å². The van der Waals surface area contributed by atoms with Crippen molar-refractivity contribution in [3.05, 3.63) is 29.8 Å². The molecule has 1 aliphatic rings. The van der Waals surface area contributed by atoms with E-state index in [1.54, 1.807) is 0 Å². The van der Waals surface area contributed by atoms with E-state index in [1.807, 2.05) is 38.1 Å². The first-order chi connectivity index (χ1) is 9.13. The Morgan fingerprint density at radius 3 is 2.84 bits per heavy atom. The van der Waals surface area contributed by atoms with Crippen molar-refractivity contribution in [2.24, 2.45) is 0 Å². The first-order valence-corrected chi connectivity index (χ1v) is 7.31. The number of hydrogen-bond acceptors (Lipinski definition) is 3. The quantitative estimate of drug-likeness (QED) is 0.858. The summed E-state index contributed by atoms with van der Waals surface area (Å²) in [5.41, 5.74) is 0.0463. The van der Waals surface area contributed by atoms with E-state index in [9.17, 15) is 5.11 Å². The molecule has 2 rings (SSSR count). The van der Waals surface area contributed by atoms with Gasteiger partial charge in [-0.3, -0.25) is 0 Å². The standard InChI is InChI=1S/C16H25NO2/c1-3-19-15-10-5-4-9-14(15)16(2,18)12-13-8-6-7-11-17-13/h4-5,9-10,13,17-18H,3,6-8,11-12H2,1-2H3. The number of ether oxygens (including phenoxy) is 1. The maximum atomic E-state index is 10.8. The smallest absolute Gasteiger partial charge is 0.125 e. The molecule has 0 bridgehead atoms. The Labute approximate surface area is 116 Å². The van der Waals surface area contributed by atoms with Crippen molar-refractivity contribution >= 4 is 0 Å². The molecule has 1 saturated heterocycles. The molecule has 0 spiro atoms. The molecule has 1 aromatic rings. The predicted octanol–water partition coefficient (Wildman–Crippen LogP) is 2.83. The average Bonchev–Trinajstić information content (AvgIpc) is 2.40. The zero-order valence-electron chi connectivity index (χ0n) is 12.0. The van der Waals surface area contributed by atoms with Crippen molar-refractivity contribution in [3.8, 4) is 5.75 Å². The van der Waals surface area contributed by atoms with Crippen LogP contribution in [0.3, 0.4) is 0 Å². The van der Waals surface area contributed by atoms with E-state index in [-0.39, 0.29) is 0 Å². The monoisotopic (exact) mass is 263 g/mol. The van der Waals surface area contributed by atoms with Crippen LogP contribution < -0.4 is 10.1 Å². The van der Waals surface area contributed by atoms with Crippen LogP contribution in [0.4, 0.5) is 0 Å². The maximum Gasteiger partial charge on any atom is 0.125 e. The summed E-state index contributed by atoms with van der Waals surface area (Å²) in [7, 11) is 0. The fourth-order valence-electron chi connectivity index (χ4n) is 2.88. The number of benzene rings is 1. The lowest BCUT2D eigenvalue weighted by atomic mass is 9.86. The third-order valence-electron chi connectivity index (χ3n) is 3.82. The van der Waals surface area contributed by atoms with Crippen LogP contribution in [0.5, 0.6) is 5.75 Å². The lowest BCUT2D eigenvalue weighted by Gasteiger charge is -2.32. The topological polar surface area (TPSA) is 41.5 Å². The van der Waals surface area contributed by atoms with E-state index in [0.717, 1.165) is 30.7 Å². The molecule has 2 atom stereocenters. The molecule has 0 radical (unpaired) electrons. The molecule has 106 valence electrons. The molecule has 1 fully saturated rings. The highest BCUT2D eigenvalue weighted by Gasteiger charge is 2.30. The molecule has 1 aromatic carbocycles. The van der Waals surface area contributed by atoms with Gasteiger partial charge >= 0.3 is 0 Å². The van der Waals surface area contributed by atoms with Crippen LogP contribution in [0.15, 0.2) is 24.3 Å². The summed E-state index contributed by atoms with van der Waals surface area (Å²) in [4.78, 5) is 0. The van der Waals surface area contributed by atoms with E-state index < -0.39 is 5.60 Å². The summed E-state index contributed by atoms with van der Waals surface area (Å²) in [6.45, 7) is 5.54. The molecule has 0 saturated carbocycles. The van der Waals surface area contributed by atoms with Crippen molar-refractivity contribution in [1.82, 2.24) is 5.32 Å². The van der Waals surface area contributed by atoms with Gasteiger partial charge in [0.2, 0.25) is 0 Å². The van der Waals surface area contributed by atoms with Gasteiger partial charge in [0, 0.05) is 11.6 Å². The second kappa shape index (κ2) is 6.40. The van der Waals surface area contributed by atoms with E-state index >= 15 is 0 Å². The highest BCUT2D eigenvalue weighted by molar-refractivity contribution is 5.37. The second-order valence-corrected chi connectivity index (χ2v) is 5.55. The Morgan fingerprint density at radius 1 is 1.37 bits per heavy atom. The van der Waals surface area contributed by atoms with Gasteiger partial charge in [-0.05, 0) is 45.7 Å². The summed E-state index contributed by atoms with van der Waals surface area (Å²) < 4.78 is 5.63. The zero-order valence-corrected chi connectivity index (χ0v) is 12.0. The van der Waals surface area contributed by atoms with Gasteiger partial charge in [-0.1, -0.05) is 24.6 Å². The zero-order chi connectivity index (χ0) is 13.7. The van der Waals surface area contributed by atoms with Gasteiger partial charge in [-0.2, -0.15) is 0 Å². The summed E-state index contributed by atoms with van der Waals surface area (Å²) in [5.74, 6) is 0.797. The van der Waals surface area contributed by atoms with Crippen LogP contribution >= 0.6 is 0 Å². The number of hydrogen-bond donors (Lipinski definition) is 2. The first-order valence-electron chi connectivity index (χ1n) is 7.31. The molecular formula is C16H25NO2. The number of aliphatic hydroxyl groups is 1. The Kier molecular flexibility index (Phi) is 4.83. The lowest BCUT2D eigenvalue weighted by molar-refractivity contribution is 0.0305. The van der Waals surface area contributed by atoms with E-state index in [0.29, 0.717) is 12.6 Å². The number of para-hydroxylation sites is 1. The van der Waals surface area contributed by atoms with Gasteiger partial charge in [-0.25, -0.2) is 0 Å². The highest BCUT2D eigenvalue weighted by Crippen LogP contribution is 2.34. The third kappa shape index (κ3) is 3.71. The molecule has 3 nitrogen and oxygen atoms in total. The first kappa shape index (κ1) is 14.4. The molecule has 2 N–H and O–H groups in total. The summed E-state index contributed by atoms with van der Waals surface area (Å²) in [5, 5.41) is 14.3. The lowest BCUT2D eigenvalue weighted by Crippen LogP contribution is -2.39. The van der Waals surface area contributed by atoms with Crippen LogP contribution in [0.2, 0.25) is 0 Å². The minimum atomic E-state index is -0.846. The number of piperidine rings is 1. The summed E-state index contributed by atoms with van der Waals surface area (Å²) in [6.07, 6.45) is 4.37. The highest BCUT2D eigenvalue weighted by atomic mass is 16.5. The molecule has 1 aliphatic heterocycles. The van der Waals surface area contributed by atoms with Gasteiger partial charge < -0.3 is 15.2 Å². The van der Waals surface area contributed by atoms with Crippen molar-refractivity contribution < 1.29 is 9.84 Å². The van der Waals surface area contributed by atoms with E-state index in [1.165, 1.54) is 12.8 Å². The van der Waals surface area contributed by atoms with Gasteiger partial charge in [0.05, 0.1) is 12.2 Å². The second-order valence-electron chi connectivity index (χ2n) is 5.55. The molecule has 1 heterocycles. The predicted molar refractivity (Wildman–Crippen MR) is 77.4 cm³/mol. The minimum absolute atomic E-state index is 0.401. The summed E-state index contributed by atoms with van der Waals surface area (Å²) in [6, 6.07) is 8.21. The molecule has 2 unspecified atom stereocenters. The molecule has 0 amide bonds. The van der Waals surface area contributed by atoms with Gasteiger partial charge in [0.15, 0.2) is 0 Å². The average molecular weight is 263 g/mol.